The number of rotatable bonds is 7. The molecule has 0 aliphatic heterocycles. The lowest BCUT2D eigenvalue weighted by atomic mass is 10.1. The van der Waals surface area contributed by atoms with Gasteiger partial charge in [0.15, 0.2) is 0 Å². The van der Waals surface area contributed by atoms with Crippen LogP contribution in [-0.4, -0.2) is 26.2 Å². The molecular formula is C13H18F2N2O3. The molecule has 0 bridgehead atoms. The van der Waals surface area contributed by atoms with Crippen LogP contribution in [0.25, 0.3) is 0 Å². The molecule has 1 aromatic carbocycles. The summed E-state index contributed by atoms with van der Waals surface area (Å²) in [5.74, 6) is -0.337. The number of ether oxygens (including phenoxy) is 2. The van der Waals surface area contributed by atoms with E-state index in [1.165, 1.54) is 25.3 Å². The van der Waals surface area contributed by atoms with Crippen LogP contribution in [-0.2, 0) is 4.79 Å². The quantitative estimate of drug-likeness (QED) is 0.807. The minimum Gasteiger partial charge on any atom is -0.497 e. The van der Waals surface area contributed by atoms with Gasteiger partial charge in [-0.15, -0.1) is 0 Å². The molecule has 0 saturated carbocycles. The molecule has 0 spiro atoms. The van der Waals surface area contributed by atoms with Gasteiger partial charge in [0.2, 0.25) is 5.91 Å². The summed E-state index contributed by atoms with van der Waals surface area (Å²) in [5, 5.41) is 2.54. The first-order valence-electron chi connectivity index (χ1n) is 6.11. The minimum atomic E-state index is -2.97. The Hall–Kier alpha value is -1.89. The van der Waals surface area contributed by atoms with Gasteiger partial charge in [0.25, 0.3) is 0 Å². The molecule has 5 nitrogen and oxygen atoms in total. The van der Waals surface area contributed by atoms with Gasteiger partial charge in [-0.25, -0.2) is 0 Å². The third-order valence-electron chi connectivity index (χ3n) is 2.71. The summed E-state index contributed by atoms with van der Waals surface area (Å²) in [6.07, 6.45) is 0.501. The highest BCUT2D eigenvalue weighted by Crippen LogP contribution is 2.30. The van der Waals surface area contributed by atoms with Crippen molar-refractivity contribution >= 4 is 11.6 Å². The molecule has 0 saturated heterocycles. The van der Waals surface area contributed by atoms with E-state index in [9.17, 15) is 13.6 Å². The zero-order valence-corrected chi connectivity index (χ0v) is 11.4. The summed E-state index contributed by atoms with van der Waals surface area (Å²) in [5.41, 5.74) is 5.52. The Morgan fingerprint density at radius 3 is 2.70 bits per heavy atom. The Balaban J connectivity index is 2.92. The zero-order valence-electron chi connectivity index (χ0n) is 11.4. The highest BCUT2D eigenvalue weighted by Gasteiger charge is 2.16. The minimum absolute atomic E-state index is 0.117. The van der Waals surface area contributed by atoms with Crippen LogP contribution in [0.2, 0.25) is 0 Å². The highest BCUT2D eigenvalue weighted by atomic mass is 19.3. The highest BCUT2D eigenvalue weighted by molar-refractivity contribution is 5.94. The molecule has 0 fully saturated rings. The van der Waals surface area contributed by atoms with Gasteiger partial charge in [-0.1, -0.05) is 6.92 Å². The first-order valence-corrected chi connectivity index (χ1v) is 6.11. The summed E-state index contributed by atoms with van der Waals surface area (Å²) >= 11 is 0. The third-order valence-corrected chi connectivity index (χ3v) is 2.71. The second-order valence-electron chi connectivity index (χ2n) is 4.21. The predicted molar refractivity (Wildman–Crippen MR) is 71.1 cm³/mol. The van der Waals surface area contributed by atoms with Crippen LogP contribution in [0.1, 0.15) is 13.3 Å². The molecule has 0 aliphatic carbocycles. The van der Waals surface area contributed by atoms with Crippen molar-refractivity contribution in [3.63, 3.8) is 0 Å². The molecule has 0 aliphatic rings. The fourth-order valence-electron chi connectivity index (χ4n) is 1.57. The summed E-state index contributed by atoms with van der Waals surface area (Å²) < 4.78 is 34.0. The Labute approximate surface area is 116 Å². The normalized spacial score (nSPS) is 12.1. The first kappa shape index (κ1) is 16.2. The van der Waals surface area contributed by atoms with Crippen LogP contribution < -0.4 is 20.5 Å². The summed E-state index contributed by atoms with van der Waals surface area (Å²) in [7, 11) is 1.44. The average molecular weight is 288 g/mol. The number of hydrogen-bond donors (Lipinski definition) is 2. The maximum absolute atomic E-state index is 12.3. The van der Waals surface area contributed by atoms with Gasteiger partial charge in [0, 0.05) is 12.0 Å². The van der Waals surface area contributed by atoms with Gasteiger partial charge < -0.3 is 20.5 Å². The first-order chi connectivity index (χ1) is 9.47. The molecule has 1 aromatic rings. The Bertz CT molecular complexity index is 455. The number of alkyl halides is 2. The fraction of sp³-hybridized carbons (Fsp3) is 0.462. The summed E-state index contributed by atoms with van der Waals surface area (Å²) in [6.45, 7) is -0.899. The maximum Gasteiger partial charge on any atom is 0.387 e. The van der Waals surface area contributed by atoms with Crippen molar-refractivity contribution in [1.29, 1.82) is 0 Å². The number of nitrogens with one attached hydrogen (secondary N) is 1. The molecule has 20 heavy (non-hydrogen) atoms. The van der Waals surface area contributed by atoms with Crippen LogP contribution in [0.3, 0.4) is 0 Å². The fourth-order valence-corrected chi connectivity index (χ4v) is 1.57. The van der Waals surface area contributed by atoms with Crippen molar-refractivity contribution in [1.82, 2.24) is 0 Å². The van der Waals surface area contributed by atoms with Crippen molar-refractivity contribution in [2.45, 2.75) is 20.0 Å². The Kier molecular flexibility index (Phi) is 6.17. The summed E-state index contributed by atoms with van der Waals surface area (Å²) in [4.78, 5) is 11.9. The number of anilines is 1. The number of carbonyl (C=O) groups is 1. The molecule has 1 unspecified atom stereocenters. The van der Waals surface area contributed by atoms with Crippen molar-refractivity contribution in [3.05, 3.63) is 18.2 Å². The molecule has 3 N–H and O–H groups in total. The Morgan fingerprint density at radius 2 is 2.15 bits per heavy atom. The van der Waals surface area contributed by atoms with Crippen LogP contribution in [0.5, 0.6) is 11.5 Å². The van der Waals surface area contributed by atoms with E-state index < -0.39 is 6.61 Å². The third kappa shape index (κ3) is 4.65. The lowest BCUT2D eigenvalue weighted by Crippen LogP contribution is -2.23. The molecule has 0 heterocycles. The van der Waals surface area contributed by atoms with Crippen molar-refractivity contribution < 1.29 is 23.0 Å². The number of carbonyl (C=O) groups excluding carboxylic acids is 1. The smallest absolute Gasteiger partial charge is 0.387 e. The van der Waals surface area contributed by atoms with E-state index in [4.69, 9.17) is 10.5 Å². The van der Waals surface area contributed by atoms with Gasteiger partial charge in [0.05, 0.1) is 12.8 Å². The van der Waals surface area contributed by atoms with Crippen LogP contribution in [0.4, 0.5) is 14.5 Å². The number of hydrogen-bond acceptors (Lipinski definition) is 4. The van der Waals surface area contributed by atoms with E-state index in [1.54, 1.807) is 6.92 Å². The average Bonchev–Trinajstić information content (AvgIpc) is 2.40. The molecule has 1 atom stereocenters. The van der Waals surface area contributed by atoms with Crippen molar-refractivity contribution in [2.24, 2.45) is 11.7 Å². The Morgan fingerprint density at radius 1 is 1.45 bits per heavy atom. The number of methoxy groups -OCH3 is 1. The number of benzene rings is 1. The monoisotopic (exact) mass is 288 g/mol. The van der Waals surface area contributed by atoms with E-state index in [2.05, 4.69) is 10.1 Å². The zero-order chi connectivity index (χ0) is 15.1. The van der Waals surface area contributed by atoms with Gasteiger partial charge in [-0.3, -0.25) is 4.79 Å². The van der Waals surface area contributed by atoms with Gasteiger partial charge in [0.1, 0.15) is 11.5 Å². The molecule has 1 amide bonds. The standard InChI is InChI=1S/C13H18F2N2O3/c1-8(5-6-16)12(18)17-10-7-9(19-2)3-4-11(10)20-13(14)15/h3-4,7-8,13H,5-6,16H2,1-2H3,(H,17,18). The second-order valence-corrected chi connectivity index (χ2v) is 4.21. The van der Waals surface area contributed by atoms with Crippen LogP contribution in [0.15, 0.2) is 18.2 Å². The van der Waals surface area contributed by atoms with Crippen LogP contribution in [0, 0.1) is 5.92 Å². The van der Waals surface area contributed by atoms with Gasteiger partial charge in [-0.2, -0.15) is 8.78 Å². The molecule has 1 rings (SSSR count). The second kappa shape index (κ2) is 7.64. The van der Waals surface area contributed by atoms with E-state index in [-0.39, 0.29) is 23.3 Å². The molecular weight excluding hydrogens is 270 g/mol. The molecule has 0 aromatic heterocycles. The lowest BCUT2D eigenvalue weighted by Gasteiger charge is -2.15. The molecule has 7 heteroatoms. The number of nitrogens with two attached hydrogens (primary N) is 1. The topological polar surface area (TPSA) is 73.6 Å². The van der Waals surface area contributed by atoms with E-state index in [1.807, 2.05) is 0 Å². The van der Waals surface area contributed by atoms with Gasteiger partial charge in [-0.05, 0) is 25.1 Å². The summed E-state index contributed by atoms with van der Waals surface area (Å²) in [6, 6.07) is 4.20. The van der Waals surface area contributed by atoms with E-state index in [0.29, 0.717) is 18.7 Å². The van der Waals surface area contributed by atoms with Crippen molar-refractivity contribution in [3.8, 4) is 11.5 Å². The SMILES string of the molecule is COc1ccc(OC(F)F)c(NC(=O)C(C)CCN)c1. The van der Waals surface area contributed by atoms with E-state index >= 15 is 0 Å². The maximum atomic E-state index is 12.3. The number of amides is 1. The molecule has 0 radical (unpaired) electrons. The number of halogens is 2. The largest absolute Gasteiger partial charge is 0.497 e. The van der Waals surface area contributed by atoms with Crippen LogP contribution >= 0.6 is 0 Å². The predicted octanol–water partition coefficient (Wildman–Crippen LogP) is 2.22. The lowest BCUT2D eigenvalue weighted by molar-refractivity contribution is -0.119. The van der Waals surface area contributed by atoms with Gasteiger partial charge >= 0.3 is 6.61 Å². The van der Waals surface area contributed by atoms with Crippen molar-refractivity contribution in [2.75, 3.05) is 19.0 Å². The molecule has 112 valence electrons. The van der Waals surface area contributed by atoms with E-state index in [0.717, 1.165) is 0 Å².